The maximum absolute atomic E-state index is 9.16. The van der Waals surface area contributed by atoms with Gasteiger partial charge in [-0.3, -0.25) is 0 Å². The maximum atomic E-state index is 9.16. The van der Waals surface area contributed by atoms with Gasteiger partial charge in [-0.05, 0) is 32.7 Å². The second-order valence-corrected chi connectivity index (χ2v) is 3.59. The first kappa shape index (κ1) is 9.01. The van der Waals surface area contributed by atoms with E-state index < -0.39 is 0 Å². The van der Waals surface area contributed by atoms with Gasteiger partial charge in [0.1, 0.15) is 0 Å². The fourth-order valence-electron chi connectivity index (χ4n) is 1.71. The molecule has 2 atom stereocenters. The van der Waals surface area contributed by atoms with E-state index in [0.717, 1.165) is 13.0 Å². The van der Waals surface area contributed by atoms with Gasteiger partial charge in [0.05, 0.1) is 6.10 Å². The van der Waals surface area contributed by atoms with Gasteiger partial charge >= 0.3 is 0 Å². The van der Waals surface area contributed by atoms with E-state index in [-0.39, 0.29) is 6.10 Å². The molecule has 0 aromatic rings. The summed E-state index contributed by atoms with van der Waals surface area (Å²) in [5.41, 5.74) is 0. The van der Waals surface area contributed by atoms with Crippen LogP contribution in [0.25, 0.3) is 0 Å². The average molecular weight is 157 g/mol. The Labute approximate surface area is 69.0 Å². The van der Waals surface area contributed by atoms with Crippen molar-refractivity contribution in [2.75, 3.05) is 6.54 Å². The first-order valence-corrected chi connectivity index (χ1v) is 4.70. The van der Waals surface area contributed by atoms with E-state index in [4.69, 9.17) is 5.11 Å². The summed E-state index contributed by atoms with van der Waals surface area (Å²) in [7, 11) is 0. The van der Waals surface area contributed by atoms with Gasteiger partial charge in [0, 0.05) is 6.04 Å². The van der Waals surface area contributed by atoms with E-state index in [2.05, 4.69) is 5.32 Å². The lowest BCUT2D eigenvalue weighted by molar-refractivity contribution is 0.167. The molecule has 1 fully saturated rings. The highest BCUT2D eigenvalue weighted by Gasteiger charge is 2.12. The Morgan fingerprint density at radius 3 is 3.00 bits per heavy atom. The number of aliphatic hydroxyl groups excluding tert-OH is 1. The Hall–Kier alpha value is -0.0800. The third-order valence-electron chi connectivity index (χ3n) is 2.29. The van der Waals surface area contributed by atoms with Crippen molar-refractivity contribution < 1.29 is 5.11 Å². The van der Waals surface area contributed by atoms with E-state index >= 15 is 0 Å². The molecule has 0 aliphatic carbocycles. The molecular formula is C9H19NO. The van der Waals surface area contributed by atoms with Crippen LogP contribution < -0.4 is 5.32 Å². The number of rotatable bonds is 2. The molecule has 1 aliphatic rings. The molecule has 2 N–H and O–H groups in total. The zero-order chi connectivity index (χ0) is 8.10. The summed E-state index contributed by atoms with van der Waals surface area (Å²) >= 11 is 0. The van der Waals surface area contributed by atoms with Crippen LogP contribution in [0, 0.1) is 0 Å². The monoisotopic (exact) mass is 157 g/mol. The minimum atomic E-state index is -0.148. The third-order valence-corrected chi connectivity index (χ3v) is 2.29. The molecule has 0 amide bonds. The SMILES string of the molecule is C[C@H](O)C[C@@H]1CCCCCN1. The minimum absolute atomic E-state index is 0.148. The van der Waals surface area contributed by atoms with E-state index in [1.807, 2.05) is 6.92 Å². The molecule has 66 valence electrons. The molecule has 0 radical (unpaired) electrons. The molecule has 1 aliphatic heterocycles. The van der Waals surface area contributed by atoms with Gasteiger partial charge in [0.2, 0.25) is 0 Å². The minimum Gasteiger partial charge on any atom is -0.393 e. The molecule has 0 spiro atoms. The quantitative estimate of drug-likeness (QED) is 0.633. The lowest BCUT2D eigenvalue weighted by atomic mass is 10.1. The molecule has 1 saturated heterocycles. The van der Waals surface area contributed by atoms with Crippen LogP contribution in [0.15, 0.2) is 0 Å². The van der Waals surface area contributed by atoms with E-state index in [1.54, 1.807) is 0 Å². The zero-order valence-corrected chi connectivity index (χ0v) is 7.34. The molecule has 2 nitrogen and oxygen atoms in total. The van der Waals surface area contributed by atoms with Crippen molar-refractivity contribution in [1.82, 2.24) is 5.32 Å². The Morgan fingerprint density at radius 2 is 2.27 bits per heavy atom. The van der Waals surface area contributed by atoms with Gasteiger partial charge in [0.25, 0.3) is 0 Å². The van der Waals surface area contributed by atoms with Crippen molar-refractivity contribution in [3.05, 3.63) is 0 Å². The fraction of sp³-hybridized carbons (Fsp3) is 1.00. The van der Waals surface area contributed by atoms with Crippen molar-refractivity contribution in [2.45, 2.75) is 51.2 Å². The van der Waals surface area contributed by atoms with Crippen LogP contribution >= 0.6 is 0 Å². The topological polar surface area (TPSA) is 32.3 Å². The highest BCUT2D eigenvalue weighted by molar-refractivity contribution is 4.72. The molecular weight excluding hydrogens is 138 g/mol. The molecule has 0 aromatic heterocycles. The van der Waals surface area contributed by atoms with Gasteiger partial charge in [-0.2, -0.15) is 0 Å². The smallest absolute Gasteiger partial charge is 0.0526 e. The van der Waals surface area contributed by atoms with Crippen LogP contribution in [0.3, 0.4) is 0 Å². The second-order valence-electron chi connectivity index (χ2n) is 3.59. The summed E-state index contributed by atoms with van der Waals surface area (Å²) in [4.78, 5) is 0. The largest absolute Gasteiger partial charge is 0.393 e. The third kappa shape index (κ3) is 3.73. The predicted molar refractivity (Wildman–Crippen MR) is 46.6 cm³/mol. The summed E-state index contributed by atoms with van der Waals surface area (Å²) in [5, 5.41) is 12.6. The molecule has 2 heteroatoms. The van der Waals surface area contributed by atoms with Crippen LogP contribution in [0.2, 0.25) is 0 Å². The first-order valence-electron chi connectivity index (χ1n) is 4.70. The van der Waals surface area contributed by atoms with Crippen LogP contribution in [-0.2, 0) is 0 Å². The molecule has 11 heavy (non-hydrogen) atoms. The highest BCUT2D eigenvalue weighted by Crippen LogP contribution is 2.12. The Balaban J connectivity index is 2.20. The van der Waals surface area contributed by atoms with Gasteiger partial charge in [-0.15, -0.1) is 0 Å². The van der Waals surface area contributed by atoms with Crippen LogP contribution in [0.5, 0.6) is 0 Å². The summed E-state index contributed by atoms with van der Waals surface area (Å²) in [6.45, 7) is 3.00. The Morgan fingerprint density at radius 1 is 1.45 bits per heavy atom. The van der Waals surface area contributed by atoms with Gasteiger partial charge in [-0.25, -0.2) is 0 Å². The second kappa shape index (κ2) is 4.73. The van der Waals surface area contributed by atoms with Crippen molar-refractivity contribution in [2.24, 2.45) is 0 Å². The maximum Gasteiger partial charge on any atom is 0.0526 e. The summed E-state index contributed by atoms with van der Waals surface area (Å²) in [6, 6.07) is 0.567. The van der Waals surface area contributed by atoms with Crippen LogP contribution in [0.1, 0.15) is 39.0 Å². The highest BCUT2D eigenvalue weighted by atomic mass is 16.3. The normalized spacial score (nSPS) is 29.5. The van der Waals surface area contributed by atoms with E-state index in [1.165, 1.54) is 25.7 Å². The number of aliphatic hydroxyl groups is 1. The first-order chi connectivity index (χ1) is 5.29. The number of nitrogens with one attached hydrogen (secondary N) is 1. The number of hydrogen-bond donors (Lipinski definition) is 2. The molecule has 0 saturated carbocycles. The fourth-order valence-corrected chi connectivity index (χ4v) is 1.71. The predicted octanol–water partition coefficient (Wildman–Crippen LogP) is 1.29. The molecule has 0 aromatic carbocycles. The summed E-state index contributed by atoms with van der Waals surface area (Å²) in [5.74, 6) is 0. The average Bonchev–Trinajstić information content (AvgIpc) is 2.14. The molecule has 1 rings (SSSR count). The van der Waals surface area contributed by atoms with Crippen molar-refractivity contribution >= 4 is 0 Å². The lowest BCUT2D eigenvalue weighted by Crippen LogP contribution is -2.31. The number of hydrogen-bond acceptors (Lipinski definition) is 2. The lowest BCUT2D eigenvalue weighted by Gasteiger charge is -2.16. The van der Waals surface area contributed by atoms with E-state index in [9.17, 15) is 0 Å². The Bertz CT molecular complexity index is 95.7. The van der Waals surface area contributed by atoms with Crippen molar-refractivity contribution in [3.8, 4) is 0 Å². The summed E-state index contributed by atoms with van der Waals surface area (Å²) < 4.78 is 0. The van der Waals surface area contributed by atoms with Gasteiger partial charge in [0.15, 0.2) is 0 Å². The van der Waals surface area contributed by atoms with Gasteiger partial charge < -0.3 is 10.4 Å². The molecule has 1 heterocycles. The standard InChI is InChI=1S/C9H19NO/c1-8(11)7-9-5-3-2-4-6-10-9/h8-11H,2-7H2,1H3/t8-,9-/m0/s1. The van der Waals surface area contributed by atoms with E-state index in [0.29, 0.717) is 6.04 Å². The van der Waals surface area contributed by atoms with Crippen LogP contribution in [-0.4, -0.2) is 23.8 Å². The van der Waals surface area contributed by atoms with Gasteiger partial charge in [-0.1, -0.05) is 12.8 Å². The summed E-state index contributed by atoms with van der Waals surface area (Å²) in [6.07, 6.45) is 5.99. The molecule has 0 unspecified atom stereocenters. The van der Waals surface area contributed by atoms with Crippen molar-refractivity contribution in [1.29, 1.82) is 0 Å². The Kier molecular flexibility index (Phi) is 3.87. The van der Waals surface area contributed by atoms with Crippen LogP contribution in [0.4, 0.5) is 0 Å². The van der Waals surface area contributed by atoms with Crippen molar-refractivity contribution in [3.63, 3.8) is 0 Å². The molecule has 0 bridgehead atoms. The zero-order valence-electron chi connectivity index (χ0n) is 7.34.